The third-order valence-electron chi connectivity index (χ3n) is 3.65. The molecule has 6 heteroatoms. The molecule has 0 bridgehead atoms. The summed E-state index contributed by atoms with van der Waals surface area (Å²) in [5.74, 6) is 0.0727. The van der Waals surface area contributed by atoms with E-state index in [0.29, 0.717) is 12.0 Å². The van der Waals surface area contributed by atoms with Crippen molar-refractivity contribution in [3.05, 3.63) is 47.0 Å². The third-order valence-corrected chi connectivity index (χ3v) is 3.65. The Hall–Kier alpha value is -1.82. The van der Waals surface area contributed by atoms with E-state index in [1.165, 1.54) is 6.07 Å². The number of rotatable bonds is 3. The first-order chi connectivity index (χ1) is 9.69. The maximum absolute atomic E-state index is 13.2. The number of nitrogens with zero attached hydrogens (tertiary/aromatic N) is 3. The van der Waals surface area contributed by atoms with E-state index in [-0.39, 0.29) is 6.04 Å². The Kier molecular flexibility index (Phi) is 3.48. The third kappa shape index (κ3) is 2.31. The maximum Gasteiger partial charge on any atom is 0.159 e. The Bertz CT molecular complexity index is 624. The van der Waals surface area contributed by atoms with Gasteiger partial charge in [-0.15, -0.1) is 10.2 Å². The van der Waals surface area contributed by atoms with Gasteiger partial charge in [-0.3, -0.25) is 0 Å². The summed E-state index contributed by atoms with van der Waals surface area (Å²) in [6.45, 7) is 3.77. The van der Waals surface area contributed by atoms with Gasteiger partial charge in [-0.2, -0.15) is 0 Å². The van der Waals surface area contributed by atoms with Crippen molar-refractivity contribution in [3.8, 4) is 0 Å². The van der Waals surface area contributed by atoms with Crippen molar-refractivity contribution in [2.75, 3.05) is 6.54 Å². The molecule has 1 aromatic carbocycles. The topological polar surface area (TPSA) is 42.7 Å². The highest BCUT2D eigenvalue weighted by Gasteiger charge is 2.23. The second-order valence-electron chi connectivity index (χ2n) is 4.97. The van der Waals surface area contributed by atoms with E-state index in [2.05, 4.69) is 27.0 Å². The molecule has 0 spiro atoms. The fourth-order valence-electron chi connectivity index (χ4n) is 2.58. The first-order valence-corrected chi connectivity index (χ1v) is 6.78. The normalized spacial score (nSPS) is 18.1. The van der Waals surface area contributed by atoms with Crippen molar-refractivity contribution < 1.29 is 8.78 Å². The number of benzene rings is 1. The largest absolute Gasteiger partial charge is 0.312 e. The average molecular weight is 278 g/mol. The molecule has 20 heavy (non-hydrogen) atoms. The average Bonchev–Trinajstić information content (AvgIpc) is 2.86. The van der Waals surface area contributed by atoms with Gasteiger partial charge in [0.25, 0.3) is 0 Å². The molecule has 1 N–H and O–H groups in total. The molecule has 4 nitrogen and oxygen atoms in total. The Morgan fingerprint density at radius 2 is 2.15 bits per heavy atom. The van der Waals surface area contributed by atoms with Crippen LogP contribution in [-0.4, -0.2) is 21.3 Å². The molecule has 1 atom stereocenters. The van der Waals surface area contributed by atoms with E-state index in [4.69, 9.17) is 0 Å². The lowest BCUT2D eigenvalue weighted by Gasteiger charge is -2.24. The van der Waals surface area contributed by atoms with Crippen molar-refractivity contribution >= 4 is 0 Å². The van der Waals surface area contributed by atoms with Crippen LogP contribution in [0.5, 0.6) is 0 Å². The molecule has 3 rings (SSSR count). The van der Waals surface area contributed by atoms with Gasteiger partial charge in [-0.05, 0) is 24.1 Å². The van der Waals surface area contributed by atoms with Crippen LogP contribution in [0.2, 0.25) is 0 Å². The lowest BCUT2D eigenvalue weighted by molar-refractivity contribution is 0.401. The number of hydrogen-bond donors (Lipinski definition) is 1. The van der Waals surface area contributed by atoms with Gasteiger partial charge < -0.3 is 9.88 Å². The zero-order valence-corrected chi connectivity index (χ0v) is 11.2. The Morgan fingerprint density at radius 3 is 2.90 bits per heavy atom. The minimum atomic E-state index is -0.827. The molecule has 0 saturated carbocycles. The first-order valence-electron chi connectivity index (χ1n) is 6.78. The molecule has 1 unspecified atom stereocenters. The van der Waals surface area contributed by atoms with Crippen LogP contribution in [0.25, 0.3) is 0 Å². The molecular weight excluding hydrogens is 262 g/mol. The number of hydrogen-bond acceptors (Lipinski definition) is 3. The molecule has 0 aliphatic carbocycles. The lowest BCUT2D eigenvalue weighted by Crippen LogP contribution is -2.34. The van der Waals surface area contributed by atoms with Crippen LogP contribution in [-0.2, 0) is 13.0 Å². The fourth-order valence-corrected chi connectivity index (χ4v) is 2.58. The van der Waals surface area contributed by atoms with Crippen LogP contribution in [0.1, 0.15) is 36.6 Å². The SMILES string of the molecule is CCC1NCCn2c(Cc3ccc(F)c(F)c3)nnc21. The summed E-state index contributed by atoms with van der Waals surface area (Å²) < 4.78 is 28.2. The Morgan fingerprint density at radius 1 is 1.30 bits per heavy atom. The lowest BCUT2D eigenvalue weighted by atomic mass is 10.1. The van der Waals surface area contributed by atoms with Crippen molar-refractivity contribution in [2.24, 2.45) is 0 Å². The smallest absolute Gasteiger partial charge is 0.159 e. The van der Waals surface area contributed by atoms with Gasteiger partial charge in [0.15, 0.2) is 11.6 Å². The van der Waals surface area contributed by atoms with Crippen LogP contribution in [0.15, 0.2) is 18.2 Å². The van der Waals surface area contributed by atoms with E-state index >= 15 is 0 Å². The summed E-state index contributed by atoms with van der Waals surface area (Å²) in [4.78, 5) is 0. The number of nitrogens with one attached hydrogen (secondary N) is 1. The summed E-state index contributed by atoms with van der Waals surface area (Å²) >= 11 is 0. The zero-order valence-electron chi connectivity index (χ0n) is 11.2. The quantitative estimate of drug-likeness (QED) is 0.936. The molecule has 0 fully saturated rings. The van der Waals surface area contributed by atoms with Crippen LogP contribution in [0, 0.1) is 11.6 Å². The van der Waals surface area contributed by atoms with Crippen molar-refractivity contribution in [1.82, 2.24) is 20.1 Å². The molecule has 1 aromatic heterocycles. The van der Waals surface area contributed by atoms with Gasteiger partial charge in [0.1, 0.15) is 11.6 Å². The highest BCUT2D eigenvalue weighted by atomic mass is 19.2. The van der Waals surface area contributed by atoms with Gasteiger partial charge in [-0.25, -0.2) is 8.78 Å². The predicted octanol–water partition coefficient (Wildman–Crippen LogP) is 2.20. The van der Waals surface area contributed by atoms with Gasteiger partial charge in [0.2, 0.25) is 0 Å². The van der Waals surface area contributed by atoms with E-state index in [9.17, 15) is 8.78 Å². The Balaban J connectivity index is 1.88. The zero-order chi connectivity index (χ0) is 14.1. The highest BCUT2D eigenvalue weighted by Crippen LogP contribution is 2.21. The first kappa shape index (κ1) is 13.2. The van der Waals surface area contributed by atoms with Crippen molar-refractivity contribution in [1.29, 1.82) is 0 Å². The molecule has 1 aliphatic rings. The summed E-state index contributed by atoms with van der Waals surface area (Å²) in [6, 6.07) is 4.16. The summed E-state index contributed by atoms with van der Waals surface area (Å²) in [5.41, 5.74) is 0.700. The molecule has 1 aliphatic heterocycles. The van der Waals surface area contributed by atoms with E-state index < -0.39 is 11.6 Å². The second kappa shape index (κ2) is 5.28. The molecule has 106 valence electrons. The maximum atomic E-state index is 13.2. The fraction of sp³-hybridized carbons (Fsp3) is 0.429. The van der Waals surface area contributed by atoms with Crippen LogP contribution < -0.4 is 5.32 Å². The summed E-state index contributed by atoms with van der Waals surface area (Å²) in [7, 11) is 0. The molecule has 2 aromatic rings. The van der Waals surface area contributed by atoms with E-state index in [1.54, 1.807) is 6.07 Å². The minimum Gasteiger partial charge on any atom is -0.312 e. The van der Waals surface area contributed by atoms with Gasteiger partial charge in [0, 0.05) is 19.5 Å². The minimum absolute atomic E-state index is 0.218. The standard InChI is InChI=1S/C14H16F2N4/c1-2-12-14-19-18-13(20(14)6-5-17-12)8-9-3-4-10(15)11(16)7-9/h3-4,7,12,17H,2,5-6,8H2,1H3. The van der Waals surface area contributed by atoms with Crippen molar-refractivity contribution in [3.63, 3.8) is 0 Å². The summed E-state index contributed by atoms with van der Waals surface area (Å²) in [6.07, 6.45) is 1.41. The van der Waals surface area contributed by atoms with Crippen LogP contribution in [0.4, 0.5) is 8.78 Å². The molecule has 0 saturated heterocycles. The monoisotopic (exact) mass is 278 g/mol. The van der Waals surface area contributed by atoms with Crippen LogP contribution in [0.3, 0.4) is 0 Å². The van der Waals surface area contributed by atoms with Gasteiger partial charge in [-0.1, -0.05) is 13.0 Å². The summed E-state index contributed by atoms with van der Waals surface area (Å²) in [5, 5.41) is 11.8. The predicted molar refractivity (Wildman–Crippen MR) is 70.2 cm³/mol. The molecule has 0 amide bonds. The Labute approximate surface area is 115 Å². The van der Waals surface area contributed by atoms with E-state index in [1.807, 2.05) is 0 Å². The second-order valence-corrected chi connectivity index (χ2v) is 4.97. The van der Waals surface area contributed by atoms with E-state index in [0.717, 1.165) is 37.2 Å². The number of fused-ring (bicyclic) bond motifs is 1. The number of halogens is 2. The highest BCUT2D eigenvalue weighted by molar-refractivity contribution is 5.22. The molecular formula is C14H16F2N4. The van der Waals surface area contributed by atoms with Gasteiger partial charge in [0.05, 0.1) is 6.04 Å². The number of aromatic nitrogens is 3. The van der Waals surface area contributed by atoms with Crippen LogP contribution >= 0.6 is 0 Å². The van der Waals surface area contributed by atoms with Gasteiger partial charge >= 0.3 is 0 Å². The van der Waals surface area contributed by atoms with Crippen molar-refractivity contribution in [2.45, 2.75) is 32.4 Å². The molecule has 2 heterocycles. The molecule has 0 radical (unpaired) electrons.